The van der Waals surface area contributed by atoms with E-state index in [1.54, 1.807) is 0 Å². The van der Waals surface area contributed by atoms with E-state index in [9.17, 15) is 18.5 Å². The fraction of sp³-hybridized carbons (Fsp3) is 0.900. The normalized spacial score (nSPS) is 39.8. The van der Waals surface area contributed by atoms with Crippen molar-refractivity contribution in [3.05, 3.63) is 0 Å². The summed E-state index contributed by atoms with van der Waals surface area (Å²) in [6, 6.07) is 0. The van der Waals surface area contributed by atoms with Gasteiger partial charge >= 0.3 is 0 Å². The third-order valence-electron chi connectivity index (χ3n) is 4.58. The van der Waals surface area contributed by atoms with Gasteiger partial charge in [0.05, 0.1) is 16.6 Å². The average molecular weight is 234 g/mol. The van der Waals surface area contributed by atoms with Gasteiger partial charge in [-0.3, -0.25) is 4.79 Å². The number of fused-ring (bicyclic) bond motifs is 2. The molecule has 2 aliphatic carbocycles. The summed E-state index contributed by atoms with van der Waals surface area (Å²) in [5.74, 6) is 0.257. The first-order valence-corrected chi connectivity index (χ1v) is 6.88. The van der Waals surface area contributed by atoms with Crippen molar-refractivity contribution in [1.29, 1.82) is 0 Å². The van der Waals surface area contributed by atoms with Crippen LogP contribution in [0.1, 0.15) is 33.1 Å². The Morgan fingerprint density at radius 3 is 2.33 bits per heavy atom. The van der Waals surface area contributed by atoms with Gasteiger partial charge in [0.25, 0.3) is 0 Å². The lowest BCUT2D eigenvalue weighted by Crippen LogP contribution is -2.40. The molecule has 0 saturated heterocycles. The molecule has 2 rings (SSSR count). The molecule has 0 radical (unpaired) electrons. The van der Waals surface area contributed by atoms with E-state index in [0.717, 1.165) is 6.42 Å². The maximum Gasteiger partial charge on any atom is 0.140 e. The molecule has 3 N–H and O–H groups in total. The zero-order valence-electron chi connectivity index (χ0n) is 9.06. The Morgan fingerprint density at radius 1 is 1.40 bits per heavy atom. The van der Waals surface area contributed by atoms with Gasteiger partial charge in [-0.15, -0.1) is 0 Å². The molecule has 0 aromatic rings. The SMILES string of the molecule is CC1(C)[C@H]2CC[C@]1(CS(O)(O)O)C(=O)C2. The van der Waals surface area contributed by atoms with Crippen LogP contribution in [0, 0.1) is 16.7 Å². The van der Waals surface area contributed by atoms with Crippen LogP contribution in [0.2, 0.25) is 0 Å². The van der Waals surface area contributed by atoms with Crippen molar-refractivity contribution in [2.45, 2.75) is 33.1 Å². The number of ketones is 1. The van der Waals surface area contributed by atoms with Crippen LogP contribution in [-0.2, 0) is 4.79 Å². The zero-order valence-corrected chi connectivity index (χ0v) is 9.88. The Kier molecular flexibility index (Phi) is 2.26. The second kappa shape index (κ2) is 2.97. The summed E-state index contributed by atoms with van der Waals surface area (Å²) in [6.07, 6.45) is 2.16. The van der Waals surface area contributed by atoms with Gasteiger partial charge in [0.1, 0.15) is 5.78 Å². The number of rotatable bonds is 2. The fourth-order valence-corrected chi connectivity index (χ4v) is 4.78. The molecule has 0 aromatic carbocycles. The fourth-order valence-electron chi connectivity index (χ4n) is 3.44. The van der Waals surface area contributed by atoms with Crippen molar-refractivity contribution in [2.24, 2.45) is 16.7 Å². The first-order valence-electron chi connectivity index (χ1n) is 5.21. The highest BCUT2D eigenvalue weighted by atomic mass is 32.3. The van der Waals surface area contributed by atoms with Crippen molar-refractivity contribution in [3.63, 3.8) is 0 Å². The van der Waals surface area contributed by atoms with E-state index in [4.69, 9.17) is 0 Å². The summed E-state index contributed by atoms with van der Waals surface area (Å²) < 4.78 is 27.6. The molecule has 88 valence electrons. The van der Waals surface area contributed by atoms with Gasteiger partial charge in [-0.25, -0.2) is 0 Å². The number of Topliss-reactive ketones (excluding diaryl/α,β-unsaturated/α-hetero) is 1. The van der Waals surface area contributed by atoms with Crippen molar-refractivity contribution in [2.75, 3.05) is 5.75 Å². The second-order valence-electron chi connectivity index (χ2n) is 5.44. The van der Waals surface area contributed by atoms with Gasteiger partial charge in [0, 0.05) is 11.8 Å². The molecular weight excluding hydrogens is 216 g/mol. The number of carbonyl (C=O) groups is 1. The van der Waals surface area contributed by atoms with Crippen LogP contribution in [-0.4, -0.2) is 25.2 Å². The molecule has 2 fully saturated rings. The summed E-state index contributed by atoms with van der Waals surface area (Å²) >= 11 is 0. The number of hydrogen-bond acceptors (Lipinski definition) is 4. The Balaban J connectivity index is 2.36. The molecule has 0 aliphatic heterocycles. The van der Waals surface area contributed by atoms with Gasteiger partial charge in [0.2, 0.25) is 0 Å². The van der Waals surface area contributed by atoms with Crippen LogP contribution >= 0.6 is 10.9 Å². The second-order valence-corrected chi connectivity index (χ2v) is 7.00. The molecule has 2 saturated carbocycles. The lowest BCUT2D eigenvalue weighted by Gasteiger charge is -2.39. The van der Waals surface area contributed by atoms with E-state index in [1.165, 1.54) is 0 Å². The lowest BCUT2D eigenvalue weighted by molar-refractivity contribution is -0.128. The summed E-state index contributed by atoms with van der Waals surface area (Å²) in [5, 5.41) is 0. The van der Waals surface area contributed by atoms with Gasteiger partial charge in [-0.05, 0) is 24.2 Å². The molecule has 4 nitrogen and oxygen atoms in total. The molecule has 5 heteroatoms. The minimum atomic E-state index is -3.58. The molecule has 0 unspecified atom stereocenters. The predicted molar refractivity (Wildman–Crippen MR) is 58.9 cm³/mol. The molecule has 2 aliphatic rings. The molecular formula is C10H18O4S. The van der Waals surface area contributed by atoms with Gasteiger partial charge < -0.3 is 13.7 Å². The van der Waals surface area contributed by atoms with Crippen LogP contribution in [0.5, 0.6) is 0 Å². The van der Waals surface area contributed by atoms with Crippen LogP contribution in [0.25, 0.3) is 0 Å². The maximum absolute atomic E-state index is 11.9. The van der Waals surface area contributed by atoms with E-state index in [-0.39, 0.29) is 17.0 Å². The molecule has 0 aromatic heterocycles. The van der Waals surface area contributed by atoms with Gasteiger partial charge in [-0.2, -0.15) is 0 Å². The van der Waals surface area contributed by atoms with E-state index in [2.05, 4.69) is 0 Å². The summed E-state index contributed by atoms with van der Waals surface area (Å²) in [6.45, 7) is 4.00. The third-order valence-corrected chi connectivity index (χ3v) is 5.46. The number of carbonyl (C=O) groups excluding carboxylic acids is 1. The average Bonchev–Trinajstić information content (AvgIpc) is 2.34. The molecule has 15 heavy (non-hydrogen) atoms. The topological polar surface area (TPSA) is 77.8 Å². The predicted octanol–water partition coefficient (Wildman–Crippen LogP) is 2.61. The smallest absolute Gasteiger partial charge is 0.140 e. The monoisotopic (exact) mass is 234 g/mol. The highest BCUT2D eigenvalue weighted by molar-refractivity contribution is 8.19. The van der Waals surface area contributed by atoms with Crippen molar-refractivity contribution in [1.82, 2.24) is 0 Å². The van der Waals surface area contributed by atoms with E-state index < -0.39 is 16.3 Å². The Bertz CT molecular complexity index is 307. The summed E-state index contributed by atoms with van der Waals surface area (Å²) in [7, 11) is -3.58. The first-order chi connectivity index (χ1) is 6.69. The lowest BCUT2D eigenvalue weighted by atomic mass is 9.70. The summed E-state index contributed by atoms with van der Waals surface area (Å²) in [5.41, 5.74) is -0.915. The molecule has 2 atom stereocenters. The Labute approximate surface area is 91.2 Å². The van der Waals surface area contributed by atoms with E-state index >= 15 is 0 Å². The largest absolute Gasteiger partial charge is 0.308 e. The van der Waals surface area contributed by atoms with Crippen LogP contribution in [0.15, 0.2) is 0 Å². The number of hydrogen-bond donors (Lipinski definition) is 3. The van der Waals surface area contributed by atoms with Gasteiger partial charge in [-0.1, -0.05) is 13.8 Å². The molecule has 0 amide bonds. The van der Waals surface area contributed by atoms with Gasteiger partial charge in [0.15, 0.2) is 0 Å². The minimum Gasteiger partial charge on any atom is -0.308 e. The first kappa shape index (κ1) is 11.4. The third kappa shape index (κ3) is 1.45. The van der Waals surface area contributed by atoms with Crippen molar-refractivity contribution in [3.8, 4) is 0 Å². The zero-order chi connectivity index (χ0) is 11.5. The van der Waals surface area contributed by atoms with Crippen LogP contribution in [0.4, 0.5) is 0 Å². The van der Waals surface area contributed by atoms with Crippen molar-refractivity contribution >= 4 is 16.7 Å². The van der Waals surface area contributed by atoms with Crippen LogP contribution in [0.3, 0.4) is 0 Å². The Morgan fingerprint density at radius 2 is 2.00 bits per heavy atom. The molecule has 2 bridgehead atoms. The highest BCUT2D eigenvalue weighted by Crippen LogP contribution is 2.66. The maximum atomic E-state index is 11.9. The minimum absolute atomic E-state index is 0.0952. The Hall–Kier alpha value is -0.100. The summed E-state index contributed by atoms with van der Waals surface area (Å²) in [4.78, 5) is 11.9. The highest BCUT2D eigenvalue weighted by Gasteiger charge is 2.65. The molecule has 0 spiro atoms. The quantitative estimate of drug-likeness (QED) is 0.686. The standard InChI is InChI=1S/C10H18O4S/c1-9(2)7-3-4-10(9,8(11)5-7)6-15(12,13)14/h7,12-14H,3-6H2,1-2H3/t7-,10-/m0/s1. The van der Waals surface area contributed by atoms with Crippen molar-refractivity contribution < 1.29 is 18.5 Å². The van der Waals surface area contributed by atoms with E-state index in [1.807, 2.05) is 13.8 Å². The molecule has 0 heterocycles. The van der Waals surface area contributed by atoms with E-state index in [0.29, 0.717) is 18.8 Å². The van der Waals surface area contributed by atoms with Crippen LogP contribution < -0.4 is 0 Å².